The number of ether oxygens (including phenoxy) is 3. The topological polar surface area (TPSA) is 68.2 Å². The standard InChI is InChI=1S/C24H24BrNO5/c1-14-4-2-3-7-26(14)11-19-20(27)6-5-18-22(28)21(31-24(18)19)10-15-8-17(25)9-16-12-29-13-30-23(15)16/h5-6,8-10,14,27H,2-4,7,11-13H2,1H3/b21-10-/t14-/m1/s1. The van der Waals surface area contributed by atoms with Crippen molar-refractivity contribution in [2.45, 2.75) is 45.4 Å². The van der Waals surface area contributed by atoms with Crippen LogP contribution in [-0.2, 0) is 17.9 Å². The molecule has 3 aliphatic rings. The van der Waals surface area contributed by atoms with Crippen LogP contribution in [0, 0.1) is 0 Å². The average Bonchev–Trinajstić information content (AvgIpc) is 3.07. The summed E-state index contributed by atoms with van der Waals surface area (Å²) < 4.78 is 18.0. The summed E-state index contributed by atoms with van der Waals surface area (Å²) in [6, 6.07) is 7.50. The molecular formula is C24H24BrNO5. The fraction of sp³-hybridized carbons (Fsp3) is 0.375. The lowest BCUT2D eigenvalue weighted by Gasteiger charge is -2.33. The molecule has 1 atom stereocenters. The molecule has 0 saturated carbocycles. The number of allylic oxidation sites excluding steroid dienone is 1. The average molecular weight is 486 g/mol. The third-order valence-electron chi connectivity index (χ3n) is 6.21. The molecule has 0 aromatic heterocycles. The van der Waals surface area contributed by atoms with Crippen LogP contribution in [0.3, 0.4) is 0 Å². The molecule has 0 aliphatic carbocycles. The number of hydrogen-bond donors (Lipinski definition) is 1. The summed E-state index contributed by atoms with van der Waals surface area (Å²) in [5.41, 5.74) is 2.81. The van der Waals surface area contributed by atoms with Crippen LogP contribution in [0.4, 0.5) is 0 Å². The highest BCUT2D eigenvalue weighted by molar-refractivity contribution is 9.10. The number of halogens is 1. The molecule has 1 fully saturated rings. The summed E-state index contributed by atoms with van der Waals surface area (Å²) in [5, 5.41) is 10.6. The third-order valence-corrected chi connectivity index (χ3v) is 6.67. The first-order chi connectivity index (χ1) is 15.0. The number of Topliss-reactive ketones (excluding diaryl/α,β-unsaturated/α-hetero) is 1. The Morgan fingerprint density at radius 2 is 2.13 bits per heavy atom. The predicted molar refractivity (Wildman–Crippen MR) is 119 cm³/mol. The third kappa shape index (κ3) is 3.86. The van der Waals surface area contributed by atoms with Crippen LogP contribution in [-0.4, -0.2) is 35.2 Å². The van der Waals surface area contributed by atoms with E-state index in [1.54, 1.807) is 18.2 Å². The van der Waals surface area contributed by atoms with Crippen molar-refractivity contribution >= 4 is 27.8 Å². The monoisotopic (exact) mass is 485 g/mol. The van der Waals surface area contributed by atoms with Crippen LogP contribution in [0.2, 0.25) is 0 Å². The summed E-state index contributed by atoms with van der Waals surface area (Å²) in [6.45, 7) is 4.36. The molecule has 2 aromatic carbocycles. The van der Waals surface area contributed by atoms with Gasteiger partial charge in [-0.1, -0.05) is 22.4 Å². The van der Waals surface area contributed by atoms with Crippen LogP contribution in [0.5, 0.6) is 17.2 Å². The number of carbonyl (C=O) groups excluding carboxylic acids is 1. The maximum atomic E-state index is 13.1. The number of phenolic OH excluding ortho intramolecular Hbond substituents is 1. The zero-order chi connectivity index (χ0) is 21.5. The second-order valence-corrected chi connectivity index (χ2v) is 9.20. The summed E-state index contributed by atoms with van der Waals surface area (Å²) >= 11 is 3.51. The van der Waals surface area contributed by atoms with Gasteiger partial charge in [-0.2, -0.15) is 0 Å². The Balaban J connectivity index is 1.50. The van der Waals surface area contributed by atoms with E-state index >= 15 is 0 Å². The van der Waals surface area contributed by atoms with E-state index in [9.17, 15) is 9.90 Å². The lowest BCUT2D eigenvalue weighted by molar-refractivity contribution is -0.0165. The normalized spacial score (nSPS) is 22.1. The first-order valence-corrected chi connectivity index (χ1v) is 11.4. The smallest absolute Gasteiger partial charge is 0.231 e. The van der Waals surface area contributed by atoms with Gasteiger partial charge in [-0.25, -0.2) is 0 Å². The van der Waals surface area contributed by atoms with Gasteiger partial charge in [-0.05, 0) is 56.7 Å². The molecule has 6 nitrogen and oxygen atoms in total. The predicted octanol–water partition coefficient (Wildman–Crippen LogP) is 5.01. The van der Waals surface area contributed by atoms with Gasteiger partial charge < -0.3 is 19.3 Å². The number of carbonyl (C=O) groups is 1. The van der Waals surface area contributed by atoms with E-state index in [2.05, 4.69) is 27.8 Å². The minimum Gasteiger partial charge on any atom is -0.507 e. The van der Waals surface area contributed by atoms with Crippen molar-refractivity contribution in [3.8, 4) is 17.2 Å². The summed E-state index contributed by atoms with van der Waals surface area (Å²) in [7, 11) is 0. The highest BCUT2D eigenvalue weighted by atomic mass is 79.9. The van der Waals surface area contributed by atoms with E-state index in [0.717, 1.165) is 35.0 Å². The number of phenols is 1. The maximum Gasteiger partial charge on any atom is 0.231 e. The number of fused-ring (bicyclic) bond motifs is 2. The molecule has 2 aromatic rings. The van der Waals surface area contributed by atoms with E-state index in [-0.39, 0.29) is 24.1 Å². The molecule has 7 heteroatoms. The molecule has 3 heterocycles. The van der Waals surface area contributed by atoms with Crippen molar-refractivity contribution in [2.75, 3.05) is 13.3 Å². The van der Waals surface area contributed by atoms with Crippen molar-refractivity contribution < 1.29 is 24.1 Å². The van der Waals surface area contributed by atoms with Crippen LogP contribution in [0.25, 0.3) is 6.08 Å². The van der Waals surface area contributed by atoms with Gasteiger partial charge in [0.1, 0.15) is 17.2 Å². The van der Waals surface area contributed by atoms with Gasteiger partial charge in [-0.3, -0.25) is 9.69 Å². The quantitative estimate of drug-likeness (QED) is 0.616. The highest BCUT2D eigenvalue weighted by Crippen LogP contribution is 2.42. The number of hydrogen-bond acceptors (Lipinski definition) is 6. The molecule has 0 amide bonds. The van der Waals surface area contributed by atoms with E-state index in [0.29, 0.717) is 41.8 Å². The Morgan fingerprint density at radius 3 is 2.97 bits per heavy atom. The van der Waals surface area contributed by atoms with Crippen LogP contribution >= 0.6 is 15.9 Å². The molecule has 0 bridgehead atoms. The fourth-order valence-electron chi connectivity index (χ4n) is 4.50. The van der Waals surface area contributed by atoms with E-state index < -0.39 is 0 Å². The molecule has 0 spiro atoms. The van der Waals surface area contributed by atoms with Crippen molar-refractivity contribution in [1.29, 1.82) is 0 Å². The van der Waals surface area contributed by atoms with E-state index in [1.165, 1.54) is 6.42 Å². The van der Waals surface area contributed by atoms with Gasteiger partial charge >= 0.3 is 0 Å². The Bertz CT molecular complexity index is 1080. The van der Waals surface area contributed by atoms with Gasteiger partial charge in [0.2, 0.25) is 5.78 Å². The van der Waals surface area contributed by atoms with Gasteiger partial charge in [0.25, 0.3) is 0 Å². The zero-order valence-corrected chi connectivity index (χ0v) is 18.9. The number of nitrogens with zero attached hydrogens (tertiary/aromatic N) is 1. The molecule has 162 valence electrons. The minimum atomic E-state index is -0.191. The number of rotatable bonds is 3. The Kier molecular flexibility index (Phi) is 5.50. The van der Waals surface area contributed by atoms with Crippen molar-refractivity contribution in [1.82, 2.24) is 4.90 Å². The van der Waals surface area contributed by atoms with E-state index in [1.807, 2.05) is 12.1 Å². The lowest BCUT2D eigenvalue weighted by atomic mass is 10.0. The highest BCUT2D eigenvalue weighted by Gasteiger charge is 2.33. The van der Waals surface area contributed by atoms with Crippen LogP contribution in [0.1, 0.15) is 53.2 Å². The lowest BCUT2D eigenvalue weighted by Crippen LogP contribution is -2.36. The SMILES string of the molecule is C[C@@H]1CCCCN1Cc1c(O)ccc2c1O/C(=C\c1cc(Br)cc3c1OCOC3)C2=O. The first kappa shape index (κ1) is 20.5. The van der Waals surface area contributed by atoms with Gasteiger partial charge in [0.15, 0.2) is 12.6 Å². The second kappa shape index (κ2) is 8.30. The zero-order valence-electron chi connectivity index (χ0n) is 17.3. The maximum absolute atomic E-state index is 13.1. The van der Waals surface area contributed by atoms with Gasteiger partial charge in [-0.15, -0.1) is 0 Å². The molecule has 1 N–H and O–H groups in total. The van der Waals surface area contributed by atoms with Gasteiger partial charge in [0.05, 0.1) is 17.7 Å². The van der Waals surface area contributed by atoms with E-state index in [4.69, 9.17) is 14.2 Å². The Labute approximate surface area is 189 Å². The molecule has 0 radical (unpaired) electrons. The first-order valence-electron chi connectivity index (χ1n) is 10.6. The Hall–Kier alpha value is -2.35. The Morgan fingerprint density at radius 1 is 1.26 bits per heavy atom. The summed E-state index contributed by atoms with van der Waals surface area (Å²) in [6.07, 6.45) is 5.21. The van der Waals surface area contributed by atoms with Gasteiger partial charge in [0, 0.05) is 28.2 Å². The number of likely N-dealkylation sites (tertiary alicyclic amines) is 1. The molecule has 3 aliphatic heterocycles. The summed E-state index contributed by atoms with van der Waals surface area (Å²) in [4.78, 5) is 15.4. The fourth-order valence-corrected chi connectivity index (χ4v) is 5.03. The number of piperidine rings is 1. The number of ketones is 1. The summed E-state index contributed by atoms with van der Waals surface area (Å²) in [5.74, 6) is 1.35. The van der Waals surface area contributed by atoms with Crippen LogP contribution in [0.15, 0.2) is 34.5 Å². The minimum absolute atomic E-state index is 0.158. The molecule has 1 saturated heterocycles. The van der Waals surface area contributed by atoms with Crippen molar-refractivity contribution in [3.05, 3.63) is 56.8 Å². The van der Waals surface area contributed by atoms with Crippen LogP contribution < -0.4 is 9.47 Å². The molecule has 31 heavy (non-hydrogen) atoms. The number of benzene rings is 2. The number of aromatic hydroxyl groups is 1. The molecule has 5 rings (SSSR count). The largest absolute Gasteiger partial charge is 0.507 e. The van der Waals surface area contributed by atoms with Crippen molar-refractivity contribution in [2.24, 2.45) is 0 Å². The molecular weight excluding hydrogens is 462 g/mol. The van der Waals surface area contributed by atoms with Crippen molar-refractivity contribution in [3.63, 3.8) is 0 Å². The second-order valence-electron chi connectivity index (χ2n) is 8.29. The molecule has 0 unspecified atom stereocenters.